The molecule has 0 spiro atoms. The first-order valence-electron chi connectivity index (χ1n) is 14.2. The normalized spacial score (nSPS) is 20.0. The number of nitrogens with zero attached hydrogens (tertiary/aromatic N) is 3. The Balaban J connectivity index is 1.36. The van der Waals surface area contributed by atoms with Crippen LogP contribution in [0.25, 0.3) is 0 Å². The third kappa shape index (κ3) is 9.07. The highest BCUT2D eigenvalue weighted by Gasteiger charge is 2.16. The molecule has 2 amide bonds. The lowest BCUT2D eigenvalue weighted by molar-refractivity contribution is -0.122. The number of hydrogen-bond acceptors (Lipinski definition) is 9. The highest BCUT2D eigenvalue weighted by Crippen LogP contribution is 2.18. The van der Waals surface area contributed by atoms with E-state index in [0.29, 0.717) is 43.4 Å². The van der Waals surface area contributed by atoms with E-state index in [1.54, 1.807) is 6.20 Å². The maximum absolute atomic E-state index is 13.1. The molecular weight excluding hydrogens is 496 g/mol. The number of hydrogen-bond donors (Lipinski definition) is 5. The molecule has 212 valence electrons. The second-order valence-corrected chi connectivity index (χ2v) is 10.1. The molecular formula is C28H42N8O3. The Morgan fingerprint density at radius 2 is 1.67 bits per heavy atom. The summed E-state index contributed by atoms with van der Waals surface area (Å²) in [6.45, 7) is 5.68. The van der Waals surface area contributed by atoms with Gasteiger partial charge in [-0.3, -0.25) is 9.59 Å². The molecule has 3 heterocycles. The monoisotopic (exact) mass is 538 g/mol. The molecule has 39 heavy (non-hydrogen) atoms. The van der Waals surface area contributed by atoms with Crippen molar-refractivity contribution in [1.29, 1.82) is 0 Å². The summed E-state index contributed by atoms with van der Waals surface area (Å²) < 4.78 is 5.43. The Labute approximate surface area is 230 Å². The summed E-state index contributed by atoms with van der Waals surface area (Å²) in [5.41, 5.74) is 8.63. The number of carbonyl (C=O) groups is 2. The van der Waals surface area contributed by atoms with E-state index in [2.05, 4.69) is 48.3 Å². The molecule has 2 aromatic rings. The maximum atomic E-state index is 13.1. The van der Waals surface area contributed by atoms with E-state index >= 15 is 0 Å². The Morgan fingerprint density at radius 1 is 0.974 bits per heavy atom. The van der Waals surface area contributed by atoms with E-state index in [4.69, 9.17) is 10.5 Å². The highest BCUT2D eigenvalue weighted by molar-refractivity contribution is 5.98. The van der Waals surface area contributed by atoms with Crippen LogP contribution < -0.4 is 31.9 Å². The number of morpholine rings is 1. The molecule has 1 unspecified atom stereocenters. The van der Waals surface area contributed by atoms with Crippen molar-refractivity contribution in [3.8, 4) is 0 Å². The zero-order valence-corrected chi connectivity index (χ0v) is 22.7. The molecule has 2 bridgehead atoms. The number of nitrogens with two attached hydrogens (primary N) is 1. The van der Waals surface area contributed by atoms with Gasteiger partial charge in [-0.25, -0.2) is 4.98 Å². The van der Waals surface area contributed by atoms with E-state index < -0.39 is 6.04 Å². The first kappa shape index (κ1) is 28.6. The number of anilines is 3. The zero-order valence-electron chi connectivity index (χ0n) is 22.7. The molecule has 11 nitrogen and oxygen atoms in total. The number of rotatable bonds is 4. The van der Waals surface area contributed by atoms with Gasteiger partial charge in [0.2, 0.25) is 11.9 Å². The van der Waals surface area contributed by atoms with Crippen LogP contribution in [-0.4, -0.2) is 73.8 Å². The van der Waals surface area contributed by atoms with Gasteiger partial charge in [-0.05, 0) is 49.8 Å². The van der Waals surface area contributed by atoms with E-state index in [0.717, 1.165) is 82.6 Å². The van der Waals surface area contributed by atoms with Gasteiger partial charge in [-0.1, -0.05) is 25.0 Å². The topological polar surface area (TPSA) is 147 Å². The standard InChI is InChI=1S/C28H42N8O3/c29-24-7-3-6-12-30-25-23(20-34-28(35-25)32-14-5-2-1-4-13-31-27(24)38)26(37)33-19-21-8-10-22(11-9-21)36-15-17-39-18-16-36/h8-11,20,24H,1-7,12-19,29H2,(H,31,38)(H,33,37)(H2,30,32,34,35). The van der Waals surface area contributed by atoms with Crippen molar-refractivity contribution in [2.75, 3.05) is 61.5 Å². The molecule has 1 saturated heterocycles. The first-order chi connectivity index (χ1) is 19.1. The molecule has 1 aromatic heterocycles. The van der Waals surface area contributed by atoms with Gasteiger partial charge < -0.3 is 36.6 Å². The smallest absolute Gasteiger partial charge is 0.256 e. The van der Waals surface area contributed by atoms with Gasteiger partial charge in [0.25, 0.3) is 5.91 Å². The van der Waals surface area contributed by atoms with E-state index in [-0.39, 0.29) is 11.8 Å². The fourth-order valence-electron chi connectivity index (χ4n) is 4.67. The number of ether oxygens (including phenoxy) is 1. The molecule has 4 rings (SSSR count). The number of carbonyl (C=O) groups excluding carboxylic acids is 2. The summed E-state index contributed by atoms with van der Waals surface area (Å²) in [5, 5.41) is 12.5. The van der Waals surface area contributed by atoms with Crippen LogP contribution in [0.4, 0.5) is 17.5 Å². The van der Waals surface area contributed by atoms with Crippen LogP contribution in [0.5, 0.6) is 0 Å². The first-order valence-corrected chi connectivity index (χ1v) is 14.2. The van der Waals surface area contributed by atoms with Gasteiger partial charge in [0.1, 0.15) is 11.4 Å². The molecule has 6 N–H and O–H groups in total. The van der Waals surface area contributed by atoms with Crippen molar-refractivity contribution in [1.82, 2.24) is 20.6 Å². The highest BCUT2D eigenvalue weighted by atomic mass is 16.5. The van der Waals surface area contributed by atoms with Gasteiger partial charge in [-0.2, -0.15) is 4.98 Å². The summed E-state index contributed by atoms with van der Waals surface area (Å²) in [6.07, 6.45) is 7.74. The summed E-state index contributed by atoms with van der Waals surface area (Å²) in [7, 11) is 0. The third-order valence-corrected chi connectivity index (χ3v) is 7.06. The van der Waals surface area contributed by atoms with Crippen molar-refractivity contribution in [3.05, 3.63) is 41.6 Å². The molecule has 2 aliphatic rings. The number of nitrogens with one attached hydrogen (secondary N) is 4. The number of aromatic nitrogens is 2. The number of benzene rings is 1. The van der Waals surface area contributed by atoms with Gasteiger partial charge in [0, 0.05) is 51.2 Å². The van der Waals surface area contributed by atoms with Crippen LogP contribution in [0, 0.1) is 0 Å². The van der Waals surface area contributed by atoms with Crippen molar-refractivity contribution < 1.29 is 14.3 Å². The van der Waals surface area contributed by atoms with Crippen LogP contribution in [0.2, 0.25) is 0 Å². The lowest BCUT2D eigenvalue weighted by Gasteiger charge is -2.28. The van der Waals surface area contributed by atoms with Crippen LogP contribution in [-0.2, 0) is 16.1 Å². The second kappa shape index (κ2) is 15.2. The van der Waals surface area contributed by atoms with E-state index in [9.17, 15) is 9.59 Å². The molecule has 0 radical (unpaired) electrons. The van der Waals surface area contributed by atoms with Crippen LogP contribution in [0.3, 0.4) is 0 Å². The van der Waals surface area contributed by atoms with Crippen molar-refractivity contribution >= 4 is 29.3 Å². The van der Waals surface area contributed by atoms with E-state index in [1.807, 2.05) is 12.1 Å². The second-order valence-electron chi connectivity index (χ2n) is 10.1. The number of fused-ring (bicyclic) bond motifs is 2. The predicted octanol–water partition coefficient (Wildman–Crippen LogP) is 2.25. The fraction of sp³-hybridized carbons (Fsp3) is 0.571. The summed E-state index contributed by atoms with van der Waals surface area (Å²) in [6, 6.07) is 7.75. The summed E-state index contributed by atoms with van der Waals surface area (Å²) >= 11 is 0. The largest absolute Gasteiger partial charge is 0.378 e. The van der Waals surface area contributed by atoms with Crippen molar-refractivity contribution in [2.24, 2.45) is 5.73 Å². The minimum Gasteiger partial charge on any atom is -0.378 e. The number of amides is 2. The SMILES string of the molecule is NC1CCCCNc2nc(ncc2C(=O)NCc2ccc(N3CCOCC3)cc2)NCCCCCCNC1=O. The molecule has 0 aliphatic carbocycles. The average Bonchev–Trinajstić information content (AvgIpc) is 2.97. The van der Waals surface area contributed by atoms with Crippen molar-refractivity contribution in [3.63, 3.8) is 0 Å². The van der Waals surface area contributed by atoms with Gasteiger partial charge in [0.15, 0.2) is 0 Å². The minimum absolute atomic E-state index is 0.0825. The average molecular weight is 539 g/mol. The Kier molecular flexibility index (Phi) is 11.2. The van der Waals surface area contributed by atoms with Crippen LogP contribution in [0.15, 0.2) is 30.5 Å². The minimum atomic E-state index is -0.497. The van der Waals surface area contributed by atoms with E-state index in [1.165, 1.54) is 0 Å². The van der Waals surface area contributed by atoms with Gasteiger partial charge in [0.05, 0.1) is 19.3 Å². The molecule has 0 saturated carbocycles. The lowest BCUT2D eigenvalue weighted by atomic mass is 10.1. The molecule has 2 aliphatic heterocycles. The maximum Gasteiger partial charge on any atom is 0.256 e. The lowest BCUT2D eigenvalue weighted by Crippen LogP contribution is -2.40. The van der Waals surface area contributed by atoms with Crippen LogP contribution >= 0.6 is 0 Å². The third-order valence-electron chi connectivity index (χ3n) is 7.06. The van der Waals surface area contributed by atoms with Gasteiger partial charge >= 0.3 is 0 Å². The Morgan fingerprint density at radius 3 is 2.44 bits per heavy atom. The van der Waals surface area contributed by atoms with Crippen LogP contribution in [0.1, 0.15) is 60.9 Å². The Bertz CT molecular complexity index is 1060. The fourth-order valence-corrected chi connectivity index (χ4v) is 4.67. The molecule has 1 fully saturated rings. The quantitative estimate of drug-likeness (QED) is 0.395. The Hall–Kier alpha value is -3.44. The molecule has 1 atom stereocenters. The molecule has 1 aromatic carbocycles. The summed E-state index contributed by atoms with van der Waals surface area (Å²) in [5.74, 6) is 0.682. The predicted molar refractivity (Wildman–Crippen MR) is 153 cm³/mol. The van der Waals surface area contributed by atoms with Crippen molar-refractivity contribution in [2.45, 2.75) is 57.5 Å². The zero-order chi connectivity index (χ0) is 27.3. The van der Waals surface area contributed by atoms with Gasteiger partial charge in [-0.15, -0.1) is 0 Å². The molecule has 11 heteroatoms. The summed E-state index contributed by atoms with van der Waals surface area (Å²) in [4.78, 5) is 36.6.